The van der Waals surface area contributed by atoms with Crippen molar-refractivity contribution in [3.05, 3.63) is 24.0 Å². The largest absolute Gasteiger partial charge is 0.397 e. The number of hydrogen-bond acceptors (Lipinski definition) is 4. The van der Waals surface area contributed by atoms with Gasteiger partial charge in [0.1, 0.15) is 0 Å². The second-order valence-corrected chi connectivity index (χ2v) is 5.43. The number of nitrogens with zero attached hydrogens (tertiary/aromatic N) is 3. The molecule has 1 fully saturated rings. The molecule has 1 saturated heterocycles. The first-order valence-electron chi connectivity index (χ1n) is 7.28. The number of amides is 1. The minimum Gasteiger partial charge on any atom is -0.397 e. The molecular formula is C15H24N4O. The van der Waals surface area contributed by atoms with Crippen LogP contribution < -0.4 is 5.73 Å². The normalized spacial score (nSPS) is 17.1. The van der Waals surface area contributed by atoms with Gasteiger partial charge in [-0.05, 0) is 31.5 Å². The van der Waals surface area contributed by atoms with E-state index in [4.69, 9.17) is 5.73 Å². The van der Waals surface area contributed by atoms with E-state index < -0.39 is 0 Å². The summed E-state index contributed by atoms with van der Waals surface area (Å²) in [5, 5.41) is 0. The lowest BCUT2D eigenvalue weighted by atomic mass is 10.0. The zero-order chi connectivity index (χ0) is 14.5. The Morgan fingerprint density at radius 3 is 2.70 bits per heavy atom. The average molecular weight is 276 g/mol. The summed E-state index contributed by atoms with van der Waals surface area (Å²) < 4.78 is 0. The molecule has 0 spiro atoms. The summed E-state index contributed by atoms with van der Waals surface area (Å²) >= 11 is 0. The van der Waals surface area contributed by atoms with Crippen LogP contribution >= 0.6 is 0 Å². The number of nitrogen functional groups attached to an aromatic ring is 1. The third-order valence-corrected chi connectivity index (χ3v) is 4.13. The highest BCUT2D eigenvalue weighted by atomic mass is 16.2. The number of likely N-dealkylation sites (tertiary alicyclic amines) is 1. The van der Waals surface area contributed by atoms with Crippen molar-refractivity contribution in [3.63, 3.8) is 0 Å². The van der Waals surface area contributed by atoms with Crippen LogP contribution in [0.25, 0.3) is 0 Å². The third-order valence-electron chi connectivity index (χ3n) is 4.13. The lowest BCUT2D eigenvalue weighted by Gasteiger charge is -2.36. The molecule has 2 rings (SSSR count). The first kappa shape index (κ1) is 14.8. The van der Waals surface area contributed by atoms with Crippen molar-refractivity contribution in [1.82, 2.24) is 14.8 Å². The van der Waals surface area contributed by atoms with Crippen LogP contribution in [-0.4, -0.2) is 53.4 Å². The first-order chi connectivity index (χ1) is 9.60. The van der Waals surface area contributed by atoms with Crippen molar-refractivity contribution in [1.29, 1.82) is 0 Å². The fourth-order valence-corrected chi connectivity index (χ4v) is 2.65. The number of anilines is 1. The molecule has 1 amide bonds. The molecule has 0 atom stereocenters. The van der Waals surface area contributed by atoms with Gasteiger partial charge >= 0.3 is 0 Å². The van der Waals surface area contributed by atoms with Crippen molar-refractivity contribution in [2.24, 2.45) is 0 Å². The molecule has 0 radical (unpaired) electrons. The monoisotopic (exact) mass is 276 g/mol. The van der Waals surface area contributed by atoms with Gasteiger partial charge in [-0.15, -0.1) is 0 Å². The molecule has 1 aliphatic heterocycles. The van der Waals surface area contributed by atoms with Crippen LogP contribution in [0.5, 0.6) is 0 Å². The summed E-state index contributed by atoms with van der Waals surface area (Å²) in [6, 6.07) is 3.97. The Kier molecular flexibility index (Phi) is 4.95. The first-order valence-corrected chi connectivity index (χ1v) is 7.28. The molecule has 20 heavy (non-hydrogen) atoms. The standard InChI is InChI=1S/C15H24N4O/c1-3-19-8-6-14(7-9-19)18(2)15(20)10-13-5-4-12(16)11-17-13/h4-5,11,14H,3,6-10,16H2,1-2H3. The van der Waals surface area contributed by atoms with Gasteiger partial charge in [0.25, 0.3) is 0 Å². The second kappa shape index (κ2) is 6.70. The van der Waals surface area contributed by atoms with E-state index in [2.05, 4.69) is 16.8 Å². The fraction of sp³-hybridized carbons (Fsp3) is 0.600. The number of aromatic nitrogens is 1. The number of pyridine rings is 1. The van der Waals surface area contributed by atoms with Crippen molar-refractivity contribution >= 4 is 11.6 Å². The highest BCUT2D eigenvalue weighted by Gasteiger charge is 2.24. The number of carbonyl (C=O) groups excluding carboxylic acids is 1. The van der Waals surface area contributed by atoms with Crippen LogP contribution in [-0.2, 0) is 11.2 Å². The van der Waals surface area contributed by atoms with E-state index in [9.17, 15) is 4.79 Å². The number of rotatable bonds is 4. The Morgan fingerprint density at radius 2 is 2.15 bits per heavy atom. The SMILES string of the molecule is CCN1CCC(N(C)C(=O)Cc2ccc(N)cn2)CC1. The summed E-state index contributed by atoms with van der Waals surface area (Å²) in [5.74, 6) is 0.136. The van der Waals surface area contributed by atoms with Gasteiger partial charge in [0.05, 0.1) is 18.3 Å². The molecule has 0 unspecified atom stereocenters. The predicted octanol–water partition coefficient (Wildman–Crippen LogP) is 1.15. The number of carbonyl (C=O) groups is 1. The Balaban J connectivity index is 1.87. The quantitative estimate of drug-likeness (QED) is 0.896. The zero-order valence-electron chi connectivity index (χ0n) is 12.4. The average Bonchev–Trinajstić information content (AvgIpc) is 2.49. The maximum absolute atomic E-state index is 12.3. The number of likely N-dealkylation sites (N-methyl/N-ethyl adjacent to an activating group) is 1. The summed E-state index contributed by atoms with van der Waals surface area (Å²) in [4.78, 5) is 20.8. The lowest BCUT2D eigenvalue weighted by Crippen LogP contribution is -2.46. The van der Waals surface area contributed by atoms with Gasteiger partial charge in [0.2, 0.25) is 5.91 Å². The molecule has 0 saturated carbocycles. The van der Waals surface area contributed by atoms with Crippen LogP contribution in [0, 0.1) is 0 Å². The molecule has 1 aromatic rings. The predicted molar refractivity (Wildman–Crippen MR) is 80.3 cm³/mol. The van der Waals surface area contributed by atoms with Gasteiger partial charge < -0.3 is 15.5 Å². The minimum atomic E-state index is 0.136. The van der Waals surface area contributed by atoms with E-state index in [-0.39, 0.29) is 5.91 Å². The highest BCUT2D eigenvalue weighted by Crippen LogP contribution is 2.16. The Morgan fingerprint density at radius 1 is 1.45 bits per heavy atom. The topological polar surface area (TPSA) is 62.5 Å². The number of nitrogens with two attached hydrogens (primary N) is 1. The molecule has 5 nitrogen and oxygen atoms in total. The molecule has 2 heterocycles. The maximum atomic E-state index is 12.3. The van der Waals surface area contributed by atoms with E-state index in [1.807, 2.05) is 18.0 Å². The van der Waals surface area contributed by atoms with Gasteiger partial charge in [-0.3, -0.25) is 9.78 Å². The van der Waals surface area contributed by atoms with Crippen LogP contribution in [0.3, 0.4) is 0 Å². The maximum Gasteiger partial charge on any atom is 0.228 e. The van der Waals surface area contributed by atoms with E-state index in [0.717, 1.165) is 38.2 Å². The van der Waals surface area contributed by atoms with Crippen molar-refractivity contribution in [3.8, 4) is 0 Å². The summed E-state index contributed by atoms with van der Waals surface area (Å²) in [6.07, 6.45) is 4.07. The molecule has 0 bridgehead atoms. The van der Waals surface area contributed by atoms with Crippen molar-refractivity contribution in [2.75, 3.05) is 32.4 Å². The van der Waals surface area contributed by atoms with Crippen LogP contribution in [0.15, 0.2) is 18.3 Å². The van der Waals surface area contributed by atoms with Gasteiger partial charge in [-0.2, -0.15) is 0 Å². The van der Waals surface area contributed by atoms with E-state index in [0.29, 0.717) is 18.2 Å². The Labute approximate surface area is 120 Å². The molecule has 2 N–H and O–H groups in total. The smallest absolute Gasteiger partial charge is 0.228 e. The van der Waals surface area contributed by atoms with E-state index in [1.54, 1.807) is 12.3 Å². The fourth-order valence-electron chi connectivity index (χ4n) is 2.65. The van der Waals surface area contributed by atoms with Crippen LogP contribution in [0.4, 0.5) is 5.69 Å². The molecule has 5 heteroatoms. The van der Waals surface area contributed by atoms with Crippen molar-refractivity contribution in [2.45, 2.75) is 32.2 Å². The molecule has 0 aromatic carbocycles. The molecule has 1 aliphatic rings. The number of hydrogen-bond donors (Lipinski definition) is 1. The van der Waals surface area contributed by atoms with Crippen LogP contribution in [0.1, 0.15) is 25.5 Å². The zero-order valence-corrected chi connectivity index (χ0v) is 12.4. The Hall–Kier alpha value is -1.62. The minimum absolute atomic E-state index is 0.136. The Bertz CT molecular complexity index is 438. The molecule has 110 valence electrons. The summed E-state index contributed by atoms with van der Waals surface area (Å²) in [7, 11) is 1.91. The van der Waals surface area contributed by atoms with Crippen LogP contribution in [0.2, 0.25) is 0 Å². The molecular weight excluding hydrogens is 252 g/mol. The van der Waals surface area contributed by atoms with E-state index >= 15 is 0 Å². The molecule has 1 aromatic heterocycles. The van der Waals surface area contributed by atoms with Gasteiger partial charge in [-0.25, -0.2) is 0 Å². The summed E-state index contributed by atoms with van der Waals surface area (Å²) in [5.41, 5.74) is 7.00. The third kappa shape index (κ3) is 3.70. The number of piperidine rings is 1. The van der Waals surface area contributed by atoms with Gasteiger partial charge in [0, 0.05) is 31.9 Å². The van der Waals surface area contributed by atoms with Gasteiger partial charge in [0.15, 0.2) is 0 Å². The van der Waals surface area contributed by atoms with Crippen molar-refractivity contribution < 1.29 is 4.79 Å². The summed E-state index contributed by atoms with van der Waals surface area (Å²) in [6.45, 7) is 5.44. The molecule has 0 aliphatic carbocycles. The highest BCUT2D eigenvalue weighted by molar-refractivity contribution is 5.78. The lowest BCUT2D eigenvalue weighted by molar-refractivity contribution is -0.132. The van der Waals surface area contributed by atoms with E-state index in [1.165, 1.54) is 0 Å². The van der Waals surface area contributed by atoms with Gasteiger partial charge in [-0.1, -0.05) is 6.92 Å². The second-order valence-electron chi connectivity index (χ2n) is 5.43.